The number of hydrogen-bond acceptors (Lipinski definition) is 4. The zero-order valence-corrected chi connectivity index (χ0v) is 15.4. The summed E-state index contributed by atoms with van der Waals surface area (Å²) in [4.78, 5) is 14.5. The first kappa shape index (κ1) is 16.6. The van der Waals surface area contributed by atoms with Gasteiger partial charge < -0.3 is 9.47 Å². The summed E-state index contributed by atoms with van der Waals surface area (Å²) in [6.45, 7) is 1.69. The van der Waals surface area contributed by atoms with Gasteiger partial charge in [0.2, 0.25) is 0 Å². The van der Waals surface area contributed by atoms with Crippen LogP contribution in [0.3, 0.4) is 0 Å². The first-order chi connectivity index (χ1) is 12.2. The summed E-state index contributed by atoms with van der Waals surface area (Å²) in [6, 6.07) is 9.58. The van der Waals surface area contributed by atoms with Crippen molar-refractivity contribution >= 4 is 17.7 Å². The summed E-state index contributed by atoms with van der Waals surface area (Å²) >= 11 is 1.78. The van der Waals surface area contributed by atoms with Gasteiger partial charge in [0.15, 0.2) is 5.16 Å². The smallest absolute Gasteiger partial charge is 0.253 e. The van der Waals surface area contributed by atoms with Crippen LogP contribution in [-0.4, -0.2) is 44.4 Å². The van der Waals surface area contributed by atoms with Gasteiger partial charge in [-0.25, -0.2) is 0 Å². The molecular formula is C19H24N4OS. The van der Waals surface area contributed by atoms with E-state index in [4.69, 9.17) is 0 Å². The average molecular weight is 356 g/mol. The minimum Gasteiger partial charge on any atom is -0.338 e. The zero-order chi connectivity index (χ0) is 17.2. The molecule has 1 aromatic carbocycles. The van der Waals surface area contributed by atoms with Crippen LogP contribution in [0.4, 0.5) is 0 Å². The molecule has 0 spiro atoms. The molecule has 1 amide bonds. The molecule has 1 aliphatic heterocycles. The van der Waals surface area contributed by atoms with E-state index >= 15 is 0 Å². The Morgan fingerprint density at radius 2 is 2.00 bits per heavy atom. The number of carbonyl (C=O) groups is 1. The normalized spacial score (nSPS) is 20.7. The Morgan fingerprint density at radius 1 is 1.20 bits per heavy atom. The van der Waals surface area contributed by atoms with Crippen molar-refractivity contribution in [3.05, 3.63) is 41.7 Å². The highest BCUT2D eigenvalue weighted by Crippen LogP contribution is 2.36. The van der Waals surface area contributed by atoms with Gasteiger partial charge >= 0.3 is 0 Å². The van der Waals surface area contributed by atoms with E-state index in [-0.39, 0.29) is 5.91 Å². The molecule has 4 rings (SSSR count). The van der Waals surface area contributed by atoms with Crippen LogP contribution < -0.4 is 0 Å². The number of thioether (sulfide) groups is 1. The van der Waals surface area contributed by atoms with Crippen molar-refractivity contribution in [1.82, 2.24) is 19.7 Å². The van der Waals surface area contributed by atoms with Gasteiger partial charge in [-0.1, -0.05) is 36.4 Å². The minimum absolute atomic E-state index is 0.152. The second-order valence-electron chi connectivity index (χ2n) is 7.11. The van der Waals surface area contributed by atoms with Crippen molar-refractivity contribution in [3.63, 3.8) is 0 Å². The molecule has 0 bridgehead atoms. The molecule has 1 aromatic heterocycles. The van der Waals surface area contributed by atoms with Gasteiger partial charge in [0.1, 0.15) is 5.82 Å². The highest BCUT2D eigenvalue weighted by molar-refractivity contribution is 7.99. The lowest BCUT2D eigenvalue weighted by Gasteiger charge is -2.24. The molecule has 0 N–H and O–H groups in total. The van der Waals surface area contributed by atoms with Gasteiger partial charge in [-0.15, -0.1) is 10.2 Å². The van der Waals surface area contributed by atoms with Crippen molar-refractivity contribution in [3.8, 4) is 0 Å². The first-order valence-corrected chi connectivity index (χ1v) is 10.1. The van der Waals surface area contributed by atoms with Gasteiger partial charge in [0.05, 0.1) is 0 Å². The maximum Gasteiger partial charge on any atom is 0.253 e. The highest BCUT2D eigenvalue weighted by atomic mass is 32.2. The van der Waals surface area contributed by atoms with Crippen LogP contribution in [0, 0.1) is 5.92 Å². The van der Waals surface area contributed by atoms with Crippen LogP contribution in [-0.2, 0) is 7.05 Å². The van der Waals surface area contributed by atoms with Crippen LogP contribution in [0.2, 0.25) is 0 Å². The number of rotatable bonds is 5. The van der Waals surface area contributed by atoms with Crippen LogP contribution in [0.15, 0.2) is 35.5 Å². The molecule has 2 aliphatic rings. The van der Waals surface area contributed by atoms with Crippen LogP contribution >= 0.6 is 11.8 Å². The molecule has 2 heterocycles. The molecule has 25 heavy (non-hydrogen) atoms. The van der Waals surface area contributed by atoms with Crippen molar-refractivity contribution in [1.29, 1.82) is 0 Å². The molecule has 1 aliphatic carbocycles. The lowest BCUT2D eigenvalue weighted by Crippen LogP contribution is -2.28. The summed E-state index contributed by atoms with van der Waals surface area (Å²) in [6.07, 6.45) is 4.87. The molecular weight excluding hydrogens is 332 g/mol. The molecule has 5 nitrogen and oxygen atoms in total. The van der Waals surface area contributed by atoms with Crippen LogP contribution in [0.5, 0.6) is 0 Å². The van der Waals surface area contributed by atoms with Gasteiger partial charge in [-0.2, -0.15) is 0 Å². The molecule has 1 unspecified atom stereocenters. The fourth-order valence-electron chi connectivity index (χ4n) is 3.58. The maximum atomic E-state index is 12.5. The fourth-order valence-corrected chi connectivity index (χ4v) is 4.63. The topological polar surface area (TPSA) is 51.0 Å². The Balaban J connectivity index is 1.31. The standard InChI is InChI=1S/C19H24N4OS/c1-22-17(15-8-5-9-15)20-21-19(22)25-13-14-10-11-23(12-14)18(24)16-6-3-2-4-7-16/h2-4,6-7,14-15H,5,8-13H2,1H3. The minimum atomic E-state index is 0.152. The lowest BCUT2D eigenvalue weighted by molar-refractivity contribution is 0.0788. The largest absolute Gasteiger partial charge is 0.338 e. The fraction of sp³-hybridized carbons (Fsp3) is 0.526. The van der Waals surface area contributed by atoms with E-state index in [0.717, 1.165) is 41.8 Å². The van der Waals surface area contributed by atoms with Gasteiger partial charge in [-0.3, -0.25) is 4.79 Å². The van der Waals surface area contributed by atoms with Gasteiger partial charge in [-0.05, 0) is 37.3 Å². The average Bonchev–Trinajstić information content (AvgIpc) is 3.20. The van der Waals surface area contributed by atoms with E-state index in [2.05, 4.69) is 21.8 Å². The molecule has 1 saturated carbocycles. The third-order valence-electron chi connectivity index (χ3n) is 5.38. The summed E-state index contributed by atoms with van der Waals surface area (Å²) in [7, 11) is 2.08. The SMILES string of the molecule is Cn1c(SCC2CCN(C(=O)c3ccccc3)C2)nnc1C1CCC1. The van der Waals surface area contributed by atoms with Crippen molar-refractivity contribution < 1.29 is 4.79 Å². The number of likely N-dealkylation sites (tertiary alicyclic amines) is 1. The molecule has 1 saturated heterocycles. The van der Waals surface area contributed by atoms with Gasteiger partial charge in [0.25, 0.3) is 5.91 Å². The van der Waals surface area contributed by atoms with E-state index in [1.807, 2.05) is 35.2 Å². The molecule has 1 atom stereocenters. The van der Waals surface area contributed by atoms with Crippen molar-refractivity contribution in [2.45, 2.75) is 36.8 Å². The molecule has 2 fully saturated rings. The van der Waals surface area contributed by atoms with Crippen LogP contribution in [0.25, 0.3) is 0 Å². The first-order valence-electron chi connectivity index (χ1n) is 9.09. The Labute approximate surface area is 152 Å². The Bertz CT molecular complexity index is 741. The number of benzene rings is 1. The van der Waals surface area contributed by atoms with E-state index in [1.54, 1.807) is 11.8 Å². The number of amides is 1. The third-order valence-corrected chi connectivity index (χ3v) is 6.63. The van der Waals surface area contributed by atoms with Crippen molar-refractivity contribution in [2.24, 2.45) is 13.0 Å². The summed E-state index contributed by atoms with van der Waals surface area (Å²) in [5, 5.41) is 9.78. The van der Waals surface area contributed by atoms with Crippen LogP contribution in [0.1, 0.15) is 47.8 Å². The predicted molar refractivity (Wildman–Crippen MR) is 98.8 cm³/mol. The Morgan fingerprint density at radius 3 is 2.72 bits per heavy atom. The molecule has 6 heteroatoms. The van der Waals surface area contributed by atoms with Gasteiger partial charge in [0, 0.05) is 37.4 Å². The zero-order valence-electron chi connectivity index (χ0n) is 14.6. The quantitative estimate of drug-likeness (QED) is 0.771. The van der Waals surface area contributed by atoms with Crippen molar-refractivity contribution in [2.75, 3.05) is 18.8 Å². The maximum absolute atomic E-state index is 12.5. The monoisotopic (exact) mass is 356 g/mol. The second-order valence-corrected chi connectivity index (χ2v) is 8.10. The van der Waals surface area contributed by atoms with E-state index in [1.165, 1.54) is 19.3 Å². The molecule has 0 radical (unpaired) electrons. The second kappa shape index (κ2) is 7.20. The highest BCUT2D eigenvalue weighted by Gasteiger charge is 2.28. The van der Waals surface area contributed by atoms with E-state index in [0.29, 0.717) is 11.8 Å². The number of hydrogen-bond donors (Lipinski definition) is 0. The lowest BCUT2D eigenvalue weighted by atomic mass is 9.85. The Kier molecular flexibility index (Phi) is 4.79. The summed E-state index contributed by atoms with van der Waals surface area (Å²) in [5.74, 6) is 3.42. The number of aromatic nitrogens is 3. The summed E-state index contributed by atoms with van der Waals surface area (Å²) < 4.78 is 2.16. The summed E-state index contributed by atoms with van der Waals surface area (Å²) in [5.41, 5.74) is 0.786. The number of nitrogens with zero attached hydrogens (tertiary/aromatic N) is 4. The van der Waals surface area contributed by atoms with E-state index < -0.39 is 0 Å². The van der Waals surface area contributed by atoms with E-state index in [9.17, 15) is 4.79 Å². The predicted octanol–water partition coefficient (Wildman–Crippen LogP) is 3.34. The third kappa shape index (κ3) is 3.45. The Hall–Kier alpha value is -1.82. The molecule has 2 aromatic rings. The number of carbonyl (C=O) groups excluding carboxylic acids is 1. The molecule has 132 valence electrons.